The van der Waals surface area contributed by atoms with Crippen LogP contribution in [0.5, 0.6) is 5.75 Å². The Morgan fingerprint density at radius 3 is 2.10 bits per heavy atom. The summed E-state index contributed by atoms with van der Waals surface area (Å²) >= 11 is 0. The molecular formula is C27H42F2O. The Labute approximate surface area is 183 Å². The van der Waals surface area contributed by atoms with Gasteiger partial charge in [-0.05, 0) is 86.7 Å². The van der Waals surface area contributed by atoms with Crippen LogP contribution in [-0.2, 0) is 0 Å². The van der Waals surface area contributed by atoms with Crippen LogP contribution >= 0.6 is 0 Å². The summed E-state index contributed by atoms with van der Waals surface area (Å²) in [5.74, 6) is 2.02. The molecule has 1 aromatic rings. The predicted octanol–water partition coefficient (Wildman–Crippen LogP) is 8.66. The number of rotatable bonds is 9. The van der Waals surface area contributed by atoms with Crippen LogP contribution in [0.1, 0.15) is 109 Å². The van der Waals surface area contributed by atoms with Crippen molar-refractivity contribution in [2.24, 2.45) is 23.7 Å². The van der Waals surface area contributed by atoms with E-state index in [0.717, 1.165) is 49.4 Å². The molecule has 0 aliphatic heterocycles. The summed E-state index contributed by atoms with van der Waals surface area (Å²) in [5, 5.41) is 0. The fraction of sp³-hybridized carbons (Fsp3) is 0.778. The second kappa shape index (κ2) is 11.5. The largest absolute Gasteiger partial charge is 0.491 e. The van der Waals surface area contributed by atoms with E-state index in [1.807, 2.05) is 0 Å². The van der Waals surface area contributed by atoms with Crippen LogP contribution in [0.4, 0.5) is 8.78 Å². The van der Waals surface area contributed by atoms with Gasteiger partial charge in [0, 0.05) is 0 Å². The first kappa shape index (κ1) is 23.5. The van der Waals surface area contributed by atoms with Crippen molar-refractivity contribution >= 4 is 0 Å². The van der Waals surface area contributed by atoms with Crippen molar-refractivity contribution in [1.82, 2.24) is 0 Å². The average molecular weight is 421 g/mol. The minimum absolute atomic E-state index is 0.0337. The van der Waals surface area contributed by atoms with Crippen molar-refractivity contribution in [2.75, 3.05) is 6.61 Å². The maximum Gasteiger partial charge on any atom is 0.200 e. The van der Waals surface area contributed by atoms with Gasteiger partial charge >= 0.3 is 0 Å². The second-order valence-corrected chi connectivity index (χ2v) is 9.96. The standard InChI is InChI=1S/C27H42F2O/c1-4-6-7-8-20-9-11-21(12-10-20)19(3)22-13-15-23(16-14-22)24-17-18-25(30-5-2)27(29)26(24)28/h17-23H,4-16H2,1-3H3. The van der Waals surface area contributed by atoms with E-state index >= 15 is 0 Å². The molecule has 2 saturated carbocycles. The number of hydrogen-bond donors (Lipinski definition) is 0. The molecule has 1 aromatic carbocycles. The zero-order valence-electron chi connectivity index (χ0n) is 19.4. The van der Waals surface area contributed by atoms with E-state index in [-0.39, 0.29) is 11.7 Å². The van der Waals surface area contributed by atoms with Crippen molar-refractivity contribution in [1.29, 1.82) is 0 Å². The highest BCUT2D eigenvalue weighted by atomic mass is 19.2. The molecule has 3 heteroatoms. The van der Waals surface area contributed by atoms with E-state index in [9.17, 15) is 8.78 Å². The molecule has 0 bridgehead atoms. The molecule has 0 radical (unpaired) electrons. The molecule has 3 rings (SSSR count). The van der Waals surface area contributed by atoms with Gasteiger partial charge in [-0.3, -0.25) is 0 Å². The molecule has 1 atom stereocenters. The van der Waals surface area contributed by atoms with E-state index in [1.165, 1.54) is 51.4 Å². The van der Waals surface area contributed by atoms with Crippen molar-refractivity contribution in [3.8, 4) is 5.75 Å². The summed E-state index contributed by atoms with van der Waals surface area (Å²) in [6.07, 6.45) is 15.5. The molecule has 2 aliphatic rings. The summed E-state index contributed by atoms with van der Waals surface area (Å²) < 4.78 is 34.1. The second-order valence-electron chi connectivity index (χ2n) is 9.96. The molecule has 0 spiro atoms. The SMILES string of the molecule is CCCCCC1CCC(C(C)C2CCC(c3ccc(OCC)c(F)c3F)CC2)CC1. The van der Waals surface area contributed by atoms with Crippen LogP contribution in [0.25, 0.3) is 0 Å². The lowest BCUT2D eigenvalue weighted by Gasteiger charge is -2.39. The number of benzene rings is 1. The van der Waals surface area contributed by atoms with Gasteiger partial charge in [-0.1, -0.05) is 58.4 Å². The van der Waals surface area contributed by atoms with Crippen LogP contribution in [-0.4, -0.2) is 6.61 Å². The molecule has 0 aromatic heterocycles. The minimum Gasteiger partial charge on any atom is -0.491 e. The molecule has 2 aliphatic carbocycles. The Hall–Kier alpha value is -1.12. The third-order valence-electron chi connectivity index (χ3n) is 8.18. The topological polar surface area (TPSA) is 9.23 Å². The van der Waals surface area contributed by atoms with Crippen LogP contribution in [0.3, 0.4) is 0 Å². The Kier molecular flexibility index (Phi) is 9.01. The van der Waals surface area contributed by atoms with Gasteiger partial charge in [0.05, 0.1) is 6.61 Å². The maximum absolute atomic E-state index is 14.6. The minimum atomic E-state index is -0.819. The monoisotopic (exact) mass is 420 g/mol. The first-order chi connectivity index (χ1) is 14.5. The van der Waals surface area contributed by atoms with Gasteiger partial charge in [-0.2, -0.15) is 4.39 Å². The lowest BCUT2D eigenvalue weighted by molar-refractivity contribution is 0.131. The molecular weight excluding hydrogens is 378 g/mol. The summed E-state index contributed by atoms with van der Waals surface area (Å²) in [5.41, 5.74) is 0.551. The van der Waals surface area contributed by atoms with Gasteiger partial charge in [-0.25, -0.2) is 4.39 Å². The first-order valence-electron chi connectivity index (χ1n) is 12.7. The lowest BCUT2D eigenvalue weighted by atomic mass is 9.66. The van der Waals surface area contributed by atoms with Gasteiger partial charge in [-0.15, -0.1) is 0 Å². The lowest BCUT2D eigenvalue weighted by Crippen LogP contribution is -2.28. The first-order valence-corrected chi connectivity index (χ1v) is 12.7. The molecule has 1 nitrogen and oxygen atoms in total. The molecule has 30 heavy (non-hydrogen) atoms. The molecule has 0 saturated heterocycles. The highest BCUT2D eigenvalue weighted by Gasteiger charge is 2.33. The van der Waals surface area contributed by atoms with Crippen molar-refractivity contribution in [3.05, 3.63) is 29.3 Å². The van der Waals surface area contributed by atoms with E-state index in [0.29, 0.717) is 12.2 Å². The Morgan fingerprint density at radius 2 is 1.50 bits per heavy atom. The number of unbranched alkanes of at least 4 members (excludes halogenated alkanes) is 2. The van der Waals surface area contributed by atoms with E-state index in [2.05, 4.69) is 13.8 Å². The van der Waals surface area contributed by atoms with Crippen LogP contribution in [0, 0.1) is 35.3 Å². The molecule has 0 heterocycles. The summed E-state index contributed by atoms with van der Waals surface area (Å²) in [4.78, 5) is 0. The van der Waals surface area contributed by atoms with Crippen molar-refractivity contribution in [3.63, 3.8) is 0 Å². The van der Waals surface area contributed by atoms with Crippen LogP contribution in [0.15, 0.2) is 12.1 Å². The fourth-order valence-electron chi connectivity index (χ4n) is 6.16. The quantitative estimate of drug-likeness (QED) is 0.363. The van der Waals surface area contributed by atoms with E-state index < -0.39 is 11.6 Å². The van der Waals surface area contributed by atoms with Crippen molar-refractivity contribution in [2.45, 2.75) is 104 Å². The zero-order chi connectivity index (χ0) is 21.5. The molecule has 170 valence electrons. The van der Waals surface area contributed by atoms with Gasteiger partial charge in [0.1, 0.15) is 0 Å². The smallest absolute Gasteiger partial charge is 0.200 e. The third-order valence-corrected chi connectivity index (χ3v) is 8.18. The summed E-state index contributed by atoms with van der Waals surface area (Å²) in [6, 6.07) is 3.35. The summed E-state index contributed by atoms with van der Waals surface area (Å²) in [6.45, 7) is 6.88. The Balaban J connectivity index is 1.48. The zero-order valence-corrected chi connectivity index (χ0v) is 19.4. The maximum atomic E-state index is 14.6. The van der Waals surface area contributed by atoms with Gasteiger partial charge in [0.15, 0.2) is 11.6 Å². The molecule has 2 fully saturated rings. The van der Waals surface area contributed by atoms with E-state index in [1.54, 1.807) is 19.1 Å². The Morgan fingerprint density at radius 1 is 0.867 bits per heavy atom. The molecule has 1 unspecified atom stereocenters. The highest BCUT2D eigenvalue weighted by molar-refractivity contribution is 5.33. The van der Waals surface area contributed by atoms with Gasteiger partial charge < -0.3 is 4.74 Å². The van der Waals surface area contributed by atoms with Crippen LogP contribution in [0.2, 0.25) is 0 Å². The van der Waals surface area contributed by atoms with Gasteiger partial charge in [0.2, 0.25) is 5.82 Å². The average Bonchev–Trinajstić information content (AvgIpc) is 2.78. The Bertz CT molecular complexity index is 643. The number of halogens is 2. The third kappa shape index (κ3) is 5.77. The predicted molar refractivity (Wildman–Crippen MR) is 121 cm³/mol. The van der Waals surface area contributed by atoms with Crippen molar-refractivity contribution < 1.29 is 13.5 Å². The normalized spacial score (nSPS) is 28.3. The van der Waals surface area contributed by atoms with Crippen LogP contribution < -0.4 is 4.74 Å². The van der Waals surface area contributed by atoms with E-state index in [4.69, 9.17) is 4.74 Å². The molecule has 0 amide bonds. The van der Waals surface area contributed by atoms with Gasteiger partial charge in [0.25, 0.3) is 0 Å². The fourth-order valence-corrected chi connectivity index (χ4v) is 6.16. The molecule has 0 N–H and O–H groups in total. The number of ether oxygens (including phenoxy) is 1. The summed E-state index contributed by atoms with van der Waals surface area (Å²) in [7, 11) is 0. The number of hydrogen-bond acceptors (Lipinski definition) is 1. The highest BCUT2D eigenvalue weighted by Crippen LogP contribution is 2.45.